The molecule has 0 radical (unpaired) electrons. The van der Waals surface area contributed by atoms with E-state index >= 15 is 0 Å². The van der Waals surface area contributed by atoms with Crippen molar-refractivity contribution in [2.75, 3.05) is 0 Å². The molecule has 0 saturated carbocycles. The van der Waals surface area contributed by atoms with Crippen LogP contribution in [0.2, 0.25) is 0 Å². The van der Waals surface area contributed by atoms with Crippen LogP contribution < -0.4 is 0 Å². The number of para-hydroxylation sites is 1. The molecule has 0 saturated heterocycles. The van der Waals surface area contributed by atoms with E-state index in [4.69, 9.17) is 0 Å². The molecular formula is C11H13N. The second kappa shape index (κ2) is 3.86. The Kier molecular flexibility index (Phi) is 2.81. The van der Waals surface area contributed by atoms with Crippen molar-refractivity contribution in [2.45, 2.75) is 13.8 Å². The van der Waals surface area contributed by atoms with E-state index in [9.17, 15) is 0 Å². The Morgan fingerprint density at radius 1 is 1.42 bits per heavy atom. The lowest BCUT2D eigenvalue weighted by atomic mass is 10.2. The Balaban J connectivity index is 3.04. The third-order valence-corrected chi connectivity index (χ3v) is 1.71. The fourth-order valence-corrected chi connectivity index (χ4v) is 0.925. The molecule has 1 rings (SSSR count). The van der Waals surface area contributed by atoms with Crippen LogP contribution in [0.25, 0.3) is 0 Å². The van der Waals surface area contributed by atoms with Gasteiger partial charge in [0.25, 0.3) is 0 Å². The normalized spacial score (nSPS) is 11.3. The molecule has 12 heavy (non-hydrogen) atoms. The number of rotatable bonds is 2. The van der Waals surface area contributed by atoms with Gasteiger partial charge in [-0.25, -0.2) is 0 Å². The Morgan fingerprint density at radius 2 is 2.08 bits per heavy atom. The molecule has 62 valence electrons. The van der Waals surface area contributed by atoms with Gasteiger partial charge in [0, 0.05) is 5.71 Å². The molecule has 1 aromatic rings. The highest BCUT2D eigenvalue weighted by Crippen LogP contribution is 2.17. The average Bonchev–Trinajstić information content (AvgIpc) is 2.09. The first-order valence-electron chi connectivity index (χ1n) is 3.97. The predicted molar refractivity (Wildman–Crippen MR) is 54.1 cm³/mol. The van der Waals surface area contributed by atoms with E-state index in [1.807, 2.05) is 25.1 Å². The number of benzene rings is 1. The van der Waals surface area contributed by atoms with Crippen LogP contribution in [0.1, 0.15) is 12.5 Å². The molecular weight excluding hydrogens is 146 g/mol. The Bertz CT molecular complexity index is 311. The maximum atomic E-state index is 4.38. The molecule has 0 heterocycles. The van der Waals surface area contributed by atoms with Gasteiger partial charge in [0.2, 0.25) is 0 Å². The zero-order chi connectivity index (χ0) is 8.97. The maximum absolute atomic E-state index is 4.38. The van der Waals surface area contributed by atoms with Crippen LogP contribution in [-0.4, -0.2) is 5.71 Å². The Labute approximate surface area is 73.5 Å². The van der Waals surface area contributed by atoms with Crippen LogP contribution in [0.3, 0.4) is 0 Å². The first kappa shape index (κ1) is 8.72. The number of hydrogen-bond acceptors (Lipinski definition) is 1. The lowest BCUT2D eigenvalue weighted by Gasteiger charge is -1.98. The molecule has 0 unspecified atom stereocenters. The summed E-state index contributed by atoms with van der Waals surface area (Å²) in [5, 5.41) is 0. The van der Waals surface area contributed by atoms with Gasteiger partial charge in [-0.3, -0.25) is 4.99 Å². The number of aliphatic imine (C=N–C) groups is 1. The van der Waals surface area contributed by atoms with Crippen molar-refractivity contribution >= 4 is 11.4 Å². The minimum absolute atomic E-state index is 0.948. The number of nitrogens with zero attached hydrogens (tertiary/aromatic N) is 1. The molecule has 1 heteroatoms. The van der Waals surface area contributed by atoms with Crippen LogP contribution in [-0.2, 0) is 0 Å². The van der Waals surface area contributed by atoms with Crippen LogP contribution >= 0.6 is 0 Å². The SMILES string of the molecule is C=CC(C)=Nc1ccccc1C. The monoisotopic (exact) mass is 159 g/mol. The molecule has 1 aromatic carbocycles. The van der Waals surface area contributed by atoms with Gasteiger partial charge in [-0.2, -0.15) is 0 Å². The van der Waals surface area contributed by atoms with E-state index in [0.29, 0.717) is 0 Å². The molecule has 0 fully saturated rings. The van der Waals surface area contributed by atoms with E-state index in [0.717, 1.165) is 11.4 Å². The summed E-state index contributed by atoms with van der Waals surface area (Å²) in [5.41, 5.74) is 3.16. The summed E-state index contributed by atoms with van der Waals surface area (Å²) in [6, 6.07) is 8.05. The summed E-state index contributed by atoms with van der Waals surface area (Å²) in [5.74, 6) is 0. The molecule has 0 aromatic heterocycles. The van der Waals surface area contributed by atoms with Gasteiger partial charge in [-0.15, -0.1) is 0 Å². The fourth-order valence-electron chi connectivity index (χ4n) is 0.925. The van der Waals surface area contributed by atoms with Gasteiger partial charge in [0.1, 0.15) is 0 Å². The van der Waals surface area contributed by atoms with Gasteiger partial charge >= 0.3 is 0 Å². The molecule has 0 amide bonds. The standard InChI is InChI=1S/C11H13N/c1-4-10(3)12-11-8-6-5-7-9(11)2/h4-8H,1H2,2-3H3. The molecule has 0 N–H and O–H groups in total. The van der Waals surface area contributed by atoms with Gasteiger partial charge < -0.3 is 0 Å². The Hall–Kier alpha value is -1.37. The molecule has 0 bridgehead atoms. The lowest BCUT2D eigenvalue weighted by Crippen LogP contribution is -1.82. The van der Waals surface area contributed by atoms with Crippen LogP contribution in [0.4, 0.5) is 5.69 Å². The zero-order valence-corrected chi connectivity index (χ0v) is 7.54. The summed E-state index contributed by atoms with van der Waals surface area (Å²) < 4.78 is 0. The van der Waals surface area contributed by atoms with Crippen molar-refractivity contribution < 1.29 is 0 Å². The predicted octanol–water partition coefficient (Wildman–Crippen LogP) is 3.27. The lowest BCUT2D eigenvalue weighted by molar-refractivity contribution is 1.39. The largest absolute Gasteiger partial charge is 0.254 e. The van der Waals surface area contributed by atoms with E-state index in [1.165, 1.54) is 5.56 Å². The van der Waals surface area contributed by atoms with Crippen LogP contribution in [0.5, 0.6) is 0 Å². The second-order valence-electron chi connectivity index (χ2n) is 2.74. The van der Waals surface area contributed by atoms with E-state index in [-0.39, 0.29) is 0 Å². The second-order valence-corrected chi connectivity index (χ2v) is 2.74. The van der Waals surface area contributed by atoms with Gasteiger partial charge in [-0.05, 0) is 31.6 Å². The Morgan fingerprint density at radius 3 is 2.67 bits per heavy atom. The first-order chi connectivity index (χ1) is 5.74. The zero-order valence-electron chi connectivity index (χ0n) is 7.54. The summed E-state index contributed by atoms with van der Waals surface area (Å²) in [6.45, 7) is 7.65. The summed E-state index contributed by atoms with van der Waals surface area (Å²) in [7, 11) is 0. The number of aryl methyl sites for hydroxylation is 1. The van der Waals surface area contributed by atoms with Gasteiger partial charge in [-0.1, -0.05) is 24.8 Å². The van der Waals surface area contributed by atoms with E-state index < -0.39 is 0 Å². The summed E-state index contributed by atoms with van der Waals surface area (Å²) in [6.07, 6.45) is 1.76. The van der Waals surface area contributed by atoms with E-state index in [1.54, 1.807) is 6.08 Å². The average molecular weight is 159 g/mol. The topological polar surface area (TPSA) is 12.4 Å². The third-order valence-electron chi connectivity index (χ3n) is 1.71. The van der Waals surface area contributed by atoms with Crippen molar-refractivity contribution in [1.29, 1.82) is 0 Å². The van der Waals surface area contributed by atoms with E-state index in [2.05, 4.69) is 24.6 Å². The van der Waals surface area contributed by atoms with Crippen LogP contribution in [0.15, 0.2) is 41.9 Å². The minimum Gasteiger partial charge on any atom is -0.254 e. The van der Waals surface area contributed by atoms with Crippen molar-refractivity contribution in [2.24, 2.45) is 4.99 Å². The fraction of sp³-hybridized carbons (Fsp3) is 0.182. The highest BCUT2D eigenvalue weighted by molar-refractivity contribution is 5.94. The molecule has 0 spiro atoms. The van der Waals surface area contributed by atoms with Gasteiger partial charge in [0.15, 0.2) is 0 Å². The smallest absolute Gasteiger partial charge is 0.0661 e. The molecule has 0 atom stereocenters. The minimum atomic E-state index is 0.948. The quantitative estimate of drug-likeness (QED) is 0.587. The number of allylic oxidation sites excluding steroid dienone is 1. The number of hydrogen-bond donors (Lipinski definition) is 0. The third kappa shape index (κ3) is 2.06. The summed E-state index contributed by atoms with van der Waals surface area (Å²) >= 11 is 0. The van der Waals surface area contributed by atoms with Crippen molar-refractivity contribution in [3.63, 3.8) is 0 Å². The van der Waals surface area contributed by atoms with Crippen molar-refractivity contribution in [3.8, 4) is 0 Å². The molecule has 0 aliphatic rings. The van der Waals surface area contributed by atoms with Crippen LogP contribution in [0, 0.1) is 6.92 Å². The van der Waals surface area contributed by atoms with Crippen molar-refractivity contribution in [3.05, 3.63) is 42.5 Å². The maximum Gasteiger partial charge on any atom is 0.0661 e. The highest BCUT2D eigenvalue weighted by atomic mass is 14.7. The molecule has 0 aliphatic heterocycles. The van der Waals surface area contributed by atoms with Crippen molar-refractivity contribution in [1.82, 2.24) is 0 Å². The summed E-state index contributed by atoms with van der Waals surface area (Å²) in [4.78, 5) is 4.38. The molecule has 0 aliphatic carbocycles. The van der Waals surface area contributed by atoms with Gasteiger partial charge in [0.05, 0.1) is 5.69 Å². The molecule has 1 nitrogen and oxygen atoms in total. The first-order valence-corrected chi connectivity index (χ1v) is 3.97. The highest BCUT2D eigenvalue weighted by Gasteiger charge is 1.92.